The number of hydrogen-bond acceptors (Lipinski definition) is 1. The summed E-state index contributed by atoms with van der Waals surface area (Å²) < 4.78 is 7.46. The van der Waals surface area contributed by atoms with Crippen molar-refractivity contribution in [1.82, 2.24) is 0 Å². The molecule has 39 heavy (non-hydrogen) atoms. The molecule has 8 aromatic rings. The Bertz CT molecular complexity index is 2020. The molecule has 0 aliphatic heterocycles. The van der Waals surface area contributed by atoms with Crippen LogP contribution in [0.5, 0.6) is 0 Å². The van der Waals surface area contributed by atoms with E-state index in [1.807, 2.05) is 0 Å². The second-order valence-corrected chi connectivity index (χ2v) is 20.0. The second kappa shape index (κ2) is 7.89. The third-order valence-electron chi connectivity index (χ3n) is 8.86. The molecule has 8 rings (SSSR count). The lowest BCUT2D eigenvalue weighted by Gasteiger charge is -2.36. The molecule has 0 amide bonds. The summed E-state index contributed by atoms with van der Waals surface area (Å²) in [4.78, 5) is 0. The van der Waals surface area contributed by atoms with Crippen LogP contribution in [0.4, 0.5) is 0 Å². The van der Waals surface area contributed by atoms with Gasteiger partial charge in [0.05, 0.1) is 0 Å². The Morgan fingerprint density at radius 1 is 0.359 bits per heavy atom. The zero-order valence-electron chi connectivity index (χ0n) is 22.8. The second-order valence-electron chi connectivity index (χ2n) is 12.1. The third-order valence-corrected chi connectivity index (χ3v) is 16.4. The van der Waals surface area contributed by atoms with Crippen LogP contribution in [0.15, 0.2) is 109 Å². The van der Waals surface area contributed by atoms with Crippen molar-refractivity contribution in [3.63, 3.8) is 0 Å². The van der Waals surface area contributed by atoms with Crippen molar-refractivity contribution in [3.05, 3.63) is 109 Å². The van der Waals surface area contributed by atoms with E-state index < -0.39 is 16.6 Å². The van der Waals surface area contributed by atoms with Gasteiger partial charge in [0.25, 0.3) is 0 Å². The van der Waals surface area contributed by atoms with E-state index in [1.165, 1.54) is 75.0 Å². The molecule has 0 aliphatic rings. The minimum atomic E-state index is -2.29. The first-order valence-corrected chi connectivity index (χ1v) is 19.7. The van der Waals surface area contributed by atoms with Gasteiger partial charge in [-0.3, -0.25) is 0 Å². The number of benzene rings is 8. The van der Waals surface area contributed by atoms with Crippen molar-refractivity contribution in [3.8, 4) is 0 Å². The lowest BCUT2D eigenvalue weighted by atomic mass is 9.94. The molecular weight excluding hydrogens is 505 g/mol. The quantitative estimate of drug-likeness (QED) is 0.162. The molecule has 0 N–H and O–H groups in total. The smallest absolute Gasteiger partial charge is 0.206 e. The van der Waals surface area contributed by atoms with Crippen molar-refractivity contribution in [1.29, 1.82) is 0 Å². The molecule has 188 valence electrons. The predicted molar refractivity (Wildman–Crippen MR) is 176 cm³/mol. The van der Waals surface area contributed by atoms with E-state index in [1.54, 1.807) is 0 Å². The highest BCUT2D eigenvalue weighted by molar-refractivity contribution is 6.98. The summed E-state index contributed by atoms with van der Waals surface area (Å²) in [5.41, 5.74) is 0. The van der Waals surface area contributed by atoms with Gasteiger partial charge in [-0.1, -0.05) is 109 Å². The van der Waals surface area contributed by atoms with E-state index in [0.717, 1.165) is 0 Å². The van der Waals surface area contributed by atoms with Crippen molar-refractivity contribution in [2.24, 2.45) is 0 Å². The van der Waals surface area contributed by atoms with Gasteiger partial charge in [-0.15, -0.1) is 0 Å². The highest BCUT2D eigenvalue weighted by Crippen LogP contribution is 2.36. The topological polar surface area (TPSA) is 9.23 Å². The number of hydrogen-bond donors (Lipinski definition) is 0. The first-order valence-electron chi connectivity index (χ1n) is 13.9. The standard InChI is InChI=1S/C36H30OSi2/c1-38(2,31-21-17-27-13-11-23-7-5-9-25-15-19-29(31)35(27)33(23)25)37-39(3,4)32-22-18-28-14-12-24-8-6-10-26-16-20-30(32)36(28)34(24)26/h5-22H,1-4H3. The van der Waals surface area contributed by atoms with E-state index in [-0.39, 0.29) is 0 Å². The Morgan fingerprint density at radius 2 is 0.667 bits per heavy atom. The predicted octanol–water partition coefficient (Wildman–Crippen LogP) is 9.02. The Morgan fingerprint density at radius 3 is 1.05 bits per heavy atom. The first-order chi connectivity index (χ1) is 18.8. The van der Waals surface area contributed by atoms with Gasteiger partial charge >= 0.3 is 0 Å². The molecule has 0 aromatic heterocycles. The zero-order valence-corrected chi connectivity index (χ0v) is 24.8. The van der Waals surface area contributed by atoms with E-state index in [4.69, 9.17) is 4.12 Å². The van der Waals surface area contributed by atoms with Crippen LogP contribution in [0.25, 0.3) is 64.6 Å². The van der Waals surface area contributed by atoms with Gasteiger partial charge in [-0.25, -0.2) is 0 Å². The molecule has 0 aliphatic carbocycles. The van der Waals surface area contributed by atoms with Crippen LogP contribution < -0.4 is 10.4 Å². The van der Waals surface area contributed by atoms with Crippen molar-refractivity contribution < 1.29 is 4.12 Å². The lowest BCUT2D eigenvalue weighted by molar-refractivity contribution is 0.574. The summed E-state index contributed by atoms with van der Waals surface area (Å²) in [5, 5.41) is 18.9. The van der Waals surface area contributed by atoms with Crippen LogP contribution >= 0.6 is 0 Å². The van der Waals surface area contributed by atoms with Gasteiger partial charge in [0.1, 0.15) is 0 Å². The summed E-state index contributed by atoms with van der Waals surface area (Å²) in [6.45, 7) is 9.57. The molecule has 0 radical (unpaired) electrons. The maximum absolute atomic E-state index is 7.46. The highest BCUT2D eigenvalue weighted by Gasteiger charge is 2.38. The normalized spacial score (nSPS) is 13.2. The van der Waals surface area contributed by atoms with Crippen molar-refractivity contribution >= 4 is 91.6 Å². The Labute approximate surface area is 230 Å². The van der Waals surface area contributed by atoms with Gasteiger partial charge in [0.15, 0.2) is 0 Å². The fourth-order valence-electron chi connectivity index (χ4n) is 7.27. The Hall–Kier alpha value is -3.77. The molecule has 3 heteroatoms. The molecule has 0 unspecified atom stereocenters. The highest BCUT2D eigenvalue weighted by atomic mass is 28.4. The minimum Gasteiger partial charge on any atom is -0.449 e. The van der Waals surface area contributed by atoms with Crippen LogP contribution in [0.1, 0.15) is 0 Å². The molecule has 0 heterocycles. The largest absolute Gasteiger partial charge is 0.449 e. The summed E-state index contributed by atoms with van der Waals surface area (Å²) in [6.07, 6.45) is 0. The summed E-state index contributed by atoms with van der Waals surface area (Å²) in [5.74, 6) is 0. The maximum Gasteiger partial charge on any atom is 0.206 e. The average molecular weight is 535 g/mol. The van der Waals surface area contributed by atoms with E-state index in [9.17, 15) is 0 Å². The molecule has 1 nitrogen and oxygen atoms in total. The minimum absolute atomic E-state index is 1.31. The van der Waals surface area contributed by atoms with Crippen LogP contribution in [-0.2, 0) is 4.12 Å². The summed E-state index contributed by atoms with van der Waals surface area (Å²) in [7, 11) is -4.59. The first kappa shape index (κ1) is 23.1. The van der Waals surface area contributed by atoms with Gasteiger partial charge in [0, 0.05) is 0 Å². The van der Waals surface area contributed by atoms with Crippen LogP contribution in [-0.4, -0.2) is 16.6 Å². The van der Waals surface area contributed by atoms with Crippen molar-refractivity contribution in [2.45, 2.75) is 26.2 Å². The molecule has 8 aromatic carbocycles. The summed E-state index contributed by atoms with van der Waals surface area (Å²) >= 11 is 0. The molecule has 0 saturated heterocycles. The molecule has 0 spiro atoms. The van der Waals surface area contributed by atoms with Gasteiger partial charge in [-0.05, 0) is 101 Å². The van der Waals surface area contributed by atoms with Crippen LogP contribution in [0, 0.1) is 0 Å². The Kier molecular flexibility index (Phi) is 4.68. The van der Waals surface area contributed by atoms with E-state index in [0.29, 0.717) is 0 Å². The molecule has 0 saturated carbocycles. The van der Waals surface area contributed by atoms with Gasteiger partial charge in [0.2, 0.25) is 16.6 Å². The van der Waals surface area contributed by atoms with Gasteiger partial charge in [-0.2, -0.15) is 0 Å². The van der Waals surface area contributed by atoms with Crippen LogP contribution in [0.3, 0.4) is 0 Å². The maximum atomic E-state index is 7.46. The lowest BCUT2D eigenvalue weighted by Crippen LogP contribution is -2.58. The van der Waals surface area contributed by atoms with E-state index in [2.05, 4.69) is 135 Å². The summed E-state index contributed by atoms with van der Waals surface area (Å²) in [6, 6.07) is 40.9. The third kappa shape index (κ3) is 3.27. The molecular formula is C36H30OSi2. The van der Waals surface area contributed by atoms with Crippen molar-refractivity contribution in [2.75, 3.05) is 0 Å². The van der Waals surface area contributed by atoms with Crippen LogP contribution in [0.2, 0.25) is 26.2 Å². The van der Waals surface area contributed by atoms with Gasteiger partial charge < -0.3 is 4.12 Å². The number of rotatable bonds is 4. The fraction of sp³-hybridized carbons (Fsp3) is 0.111. The SMILES string of the molecule is C[Si](C)(O[Si](C)(C)c1ccc2ccc3cccc4ccc1c2c34)c1ccc2ccc3cccc4ccc1c2c34. The monoisotopic (exact) mass is 534 g/mol. The van der Waals surface area contributed by atoms with E-state index >= 15 is 0 Å². The fourth-order valence-corrected chi connectivity index (χ4v) is 15.9. The molecule has 0 bridgehead atoms. The Balaban J connectivity index is 1.30. The average Bonchev–Trinajstić information content (AvgIpc) is 2.94. The molecule has 0 fully saturated rings. The zero-order chi connectivity index (χ0) is 26.5. The molecule has 0 atom stereocenters.